The zero-order valence-electron chi connectivity index (χ0n) is 19.4. The second-order valence-corrected chi connectivity index (χ2v) is 8.51. The van der Waals surface area contributed by atoms with E-state index >= 15 is 0 Å². The van der Waals surface area contributed by atoms with Crippen molar-refractivity contribution in [1.29, 1.82) is 0 Å². The van der Waals surface area contributed by atoms with Gasteiger partial charge in [-0.1, -0.05) is 48.5 Å². The summed E-state index contributed by atoms with van der Waals surface area (Å²) in [6.07, 6.45) is 0.155. The molecule has 7 nitrogen and oxygen atoms in total. The first kappa shape index (κ1) is 24.9. The molecule has 1 atom stereocenters. The second kappa shape index (κ2) is 11.3. The number of hydrogen-bond donors (Lipinski definition) is 0. The van der Waals surface area contributed by atoms with Gasteiger partial charge in [0, 0.05) is 25.6 Å². The lowest BCUT2D eigenvalue weighted by Gasteiger charge is -2.34. The van der Waals surface area contributed by atoms with E-state index in [4.69, 9.17) is 9.47 Å². The number of rotatable bonds is 9. The molecule has 0 radical (unpaired) electrons. The molecule has 0 spiro atoms. The average molecular weight is 441 g/mol. The largest absolute Gasteiger partial charge is 0.496 e. The van der Waals surface area contributed by atoms with Crippen LogP contribution in [-0.2, 0) is 27.3 Å². The van der Waals surface area contributed by atoms with E-state index < -0.39 is 17.7 Å². The molecule has 1 unspecified atom stereocenters. The summed E-state index contributed by atoms with van der Waals surface area (Å²) < 4.78 is 10.9. The Hall–Kier alpha value is -3.35. The number of carbonyl (C=O) groups excluding carboxylic acids is 3. The van der Waals surface area contributed by atoms with Gasteiger partial charge in [-0.25, -0.2) is 4.79 Å². The molecular weight excluding hydrogens is 408 g/mol. The Labute approximate surface area is 189 Å². The number of aldehydes is 1. The molecule has 0 heterocycles. The first-order chi connectivity index (χ1) is 15.2. The lowest BCUT2D eigenvalue weighted by Crippen LogP contribution is -2.52. The highest BCUT2D eigenvalue weighted by Gasteiger charge is 2.34. The highest BCUT2D eigenvalue weighted by Crippen LogP contribution is 2.21. The summed E-state index contributed by atoms with van der Waals surface area (Å²) in [5, 5.41) is 0. The summed E-state index contributed by atoms with van der Waals surface area (Å²) in [5.41, 5.74) is 0.946. The smallest absolute Gasteiger partial charge is 0.411 e. The monoisotopic (exact) mass is 440 g/mol. The van der Waals surface area contributed by atoms with Gasteiger partial charge in [-0.15, -0.1) is 0 Å². The van der Waals surface area contributed by atoms with E-state index in [0.29, 0.717) is 12.0 Å². The Balaban J connectivity index is 2.36. The highest BCUT2D eigenvalue weighted by atomic mass is 16.6. The third-order valence-corrected chi connectivity index (χ3v) is 4.81. The predicted molar refractivity (Wildman–Crippen MR) is 122 cm³/mol. The van der Waals surface area contributed by atoms with Crippen molar-refractivity contribution in [3.63, 3.8) is 0 Å². The van der Waals surface area contributed by atoms with Gasteiger partial charge >= 0.3 is 6.09 Å². The van der Waals surface area contributed by atoms with Crippen LogP contribution >= 0.6 is 0 Å². The van der Waals surface area contributed by atoms with E-state index in [-0.39, 0.29) is 25.4 Å². The molecule has 2 aromatic carbocycles. The zero-order valence-corrected chi connectivity index (χ0v) is 19.4. The molecule has 172 valence electrons. The number of amides is 2. The Kier molecular flexibility index (Phi) is 8.81. The van der Waals surface area contributed by atoms with Gasteiger partial charge in [0.2, 0.25) is 5.91 Å². The maximum absolute atomic E-state index is 13.6. The van der Waals surface area contributed by atoms with Crippen LogP contribution < -0.4 is 4.74 Å². The molecule has 7 heteroatoms. The van der Waals surface area contributed by atoms with E-state index in [1.54, 1.807) is 34.9 Å². The van der Waals surface area contributed by atoms with Crippen LogP contribution in [0.3, 0.4) is 0 Å². The fourth-order valence-electron chi connectivity index (χ4n) is 3.32. The third-order valence-electron chi connectivity index (χ3n) is 4.81. The standard InChI is InChI=1S/C25H32N2O5/c1-25(2,3)32-24(30)27(15-16-28)21(17-19-11-7-6-8-12-19)23(29)26(4)18-20-13-9-10-14-22(20)31-5/h6-14,16,21H,15,17-18H2,1-5H3. The minimum absolute atomic E-state index is 0.249. The number of carbonyl (C=O) groups is 3. The van der Waals surface area contributed by atoms with E-state index in [1.165, 1.54) is 9.80 Å². The summed E-state index contributed by atoms with van der Waals surface area (Å²) in [4.78, 5) is 40.6. The van der Waals surface area contributed by atoms with Gasteiger partial charge in [-0.3, -0.25) is 9.69 Å². The number of likely N-dealkylation sites (N-methyl/N-ethyl adjacent to an activating group) is 1. The molecule has 2 amide bonds. The van der Waals surface area contributed by atoms with Crippen LogP contribution in [0.25, 0.3) is 0 Å². The first-order valence-corrected chi connectivity index (χ1v) is 10.5. The number of hydrogen-bond acceptors (Lipinski definition) is 5. The molecule has 0 bridgehead atoms. The molecule has 0 N–H and O–H groups in total. The van der Waals surface area contributed by atoms with Gasteiger partial charge < -0.3 is 19.2 Å². The van der Waals surface area contributed by atoms with E-state index in [2.05, 4.69) is 0 Å². The van der Waals surface area contributed by atoms with Gasteiger partial charge in [0.05, 0.1) is 13.7 Å². The van der Waals surface area contributed by atoms with Gasteiger partial charge in [0.1, 0.15) is 23.7 Å². The number of benzene rings is 2. The quantitative estimate of drug-likeness (QED) is 0.556. The summed E-state index contributed by atoms with van der Waals surface area (Å²) >= 11 is 0. The molecule has 2 rings (SSSR count). The fraction of sp³-hybridized carbons (Fsp3) is 0.400. The molecule has 0 aromatic heterocycles. The van der Waals surface area contributed by atoms with Crippen LogP contribution in [0.5, 0.6) is 5.75 Å². The molecule has 0 aliphatic carbocycles. The number of methoxy groups -OCH3 is 1. The van der Waals surface area contributed by atoms with Crippen LogP contribution in [0.4, 0.5) is 4.79 Å². The molecule has 0 aliphatic rings. The van der Waals surface area contributed by atoms with E-state index in [9.17, 15) is 14.4 Å². The topological polar surface area (TPSA) is 76.2 Å². The van der Waals surface area contributed by atoms with Gasteiger partial charge in [-0.05, 0) is 32.4 Å². The minimum atomic E-state index is -0.905. The van der Waals surface area contributed by atoms with Crippen LogP contribution in [0, 0.1) is 0 Å². The van der Waals surface area contributed by atoms with Crippen molar-refractivity contribution in [3.8, 4) is 5.75 Å². The van der Waals surface area contributed by atoms with Gasteiger partial charge in [0.25, 0.3) is 0 Å². The Morgan fingerprint density at radius 1 is 1.03 bits per heavy atom. The lowest BCUT2D eigenvalue weighted by atomic mass is 10.0. The van der Waals surface area contributed by atoms with Crippen molar-refractivity contribution < 1.29 is 23.9 Å². The van der Waals surface area contributed by atoms with Crippen molar-refractivity contribution in [2.24, 2.45) is 0 Å². The number of ether oxygens (including phenoxy) is 2. The van der Waals surface area contributed by atoms with Crippen LogP contribution in [0.1, 0.15) is 31.9 Å². The summed E-state index contributed by atoms with van der Waals surface area (Å²) in [5.74, 6) is 0.371. The maximum atomic E-state index is 13.6. The van der Waals surface area contributed by atoms with Gasteiger partial charge in [-0.2, -0.15) is 0 Å². The first-order valence-electron chi connectivity index (χ1n) is 10.5. The van der Waals surface area contributed by atoms with Crippen molar-refractivity contribution >= 4 is 18.3 Å². The van der Waals surface area contributed by atoms with Crippen LogP contribution in [0.15, 0.2) is 54.6 Å². The molecular formula is C25H32N2O5. The van der Waals surface area contributed by atoms with E-state index in [1.807, 2.05) is 54.6 Å². The van der Waals surface area contributed by atoms with Crippen molar-refractivity contribution in [2.75, 3.05) is 20.7 Å². The molecule has 2 aromatic rings. The highest BCUT2D eigenvalue weighted by molar-refractivity contribution is 5.87. The molecule has 32 heavy (non-hydrogen) atoms. The maximum Gasteiger partial charge on any atom is 0.411 e. The summed E-state index contributed by atoms with van der Waals surface area (Å²) in [6.45, 7) is 5.27. The normalized spacial score (nSPS) is 11.9. The average Bonchev–Trinajstić information content (AvgIpc) is 2.75. The van der Waals surface area contributed by atoms with Gasteiger partial charge in [0.15, 0.2) is 0 Å². The van der Waals surface area contributed by atoms with Crippen LogP contribution in [-0.4, -0.2) is 60.4 Å². The molecule has 0 aliphatic heterocycles. The second-order valence-electron chi connectivity index (χ2n) is 8.51. The van der Waals surface area contributed by atoms with Crippen molar-refractivity contribution in [1.82, 2.24) is 9.80 Å². The van der Waals surface area contributed by atoms with Crippen LogP contribution in [0.2, 0.25) is 0 Å². The molecule has 0 fully saturated rings. The fourth-order valence-corrected chi connectivity index (χ4v) is 3.32. The summed E-state index contributed by atoms with van der Waals surface area (Å²) in [6, 6.07) is 15.9. The predicted octanol–water partition coefficient (Wildman–Crippen LogP) is 3.70. The lowest BCUT2D eigenvalue weighted by molar-refractivity contribution is -0.136. The van der Waals surface area contributed by atoms with Crippen molar-refractivity contribution in [2.45, 2.75) is 45.4 Å². The molecule has 0 saturated heterocycles. The van der Waals surface area contributed by atoms with Crippen molar-refractivity contribution in [3.05, 3.63) is 65.7 Å². The SMILES string of the molecule is COc1ccccc1CN(C)C(=O)C(Cc1ccccc1)N(CC=O)C(=O)OC(C)(C)C. The minimum Gasteiger partial charge on any atom is -0.496 e. The van der Waals surface area contributed by atoms with E-state index in [0.717, 1.165) is 11.1 Å². The number of nitrogens with zero attached hydrogens (tertiary/aromatic N) is 2. The zero-order chi connectivity index (χ0) is 23.7. The Bertz CT molecular complexity index is 908. The Morgan fingerprint density at radius 2 is 1.66 bits per heavy atom. The number of para-hydroxylation sites is 1. The molecule has 0 saturated carbocycles. The Morgan fingerprint density at radius 3 is 2.25 bits per heavy atom. The summed E-state index contributed by atoms with van der Waals surface area (Å²) in [7, 11) is 3.24. The third kappa shape index (κ3) is 7.11.